The molecule has 0 aliphatic heterocycles. The van der Waals surface area contributed by atoms with Crippen LogP contribution in [0.4, 0.5) is 0 Å². The third kappa shape index (κ3) is 1.92. The minimum atomic E-state index is 0.712. The summed E-state index contributed by atoms with van der Waals surface area (Å²) >= 11 is 0. The normalized spacial score (nSPS) is 11.1. The summed E-state index contributed by atoms with van der Waals surface area (Å²) in [6.07, 6.45) is 2.98. The van der Waals surface area contributed by atoms with Crippen LogP contribution in [0.3, 0.4) is 0 Å². The maximum Gasteiger partial charge on any atom is 0.0702 e. The van der Waals surface area contributed by atoms with Gasteiger partial charge in [-0.25, -0.2) is 0 Å². The standard InChI is InChI=1S/C13H15N/c1-10(2)8-11-5-6-13-12(9-11)4-3-7-14-13/h3-7,9-10H,8H2,1-2H3. The molecule has 1 nitrogen and oxygen atoms in total. The molecule has 0 fully saturated rings. The summed E-state index contributed by atoms with van der Waals surface area (Å²) in [5, 5.41) is 1.24. The van der Waals surface area contributed by atoms with Crippen molar-refractivity contribution >= 4 is 10.9 Å². The van der Waals surface area contributed by atoms with Gasteiger partial charge in [0.2, 0.25) is 0 Å². The quantitative estimate of drug-likeness (QED) is 0.698. The third-order valence-corrected chi connectivity index (χ3v) is 2.31. The summed E-state index contributed by atoms with van der Waals surface area (Å²) in [4.78, 5) is 4.30. The van der Waals surface area contributed by atoms with Crippen LogP contribution < -0.4 is 0 Å². The highest BCUT2D eigenvalue weighted by Gasteiger charge is 1.99. The monoisotopic (exact) mass is 185 g/mol. The second kappa shape index (κ2) is 3.79. The second-order valence-corrected chi connectivity index (χ2v) is 4.13. The molecule has 1 aromatic carbocycles. The van der Waals surface area contributed by atoms with E-state index in [0.717, 1.165) is 11.9 Å². The summed E-state index contributed by atoms with van der Waals surface area (Å²) in [6, 6.07) is 10.6. The van der Waals surface area contributed by atoms with E-state index >= 15 is 0 Å². The minimum Gasteiger partial charge on any atom is -0.256 e. The van der Waals surface area contributed by atoms with E-state index in [0.29, 0.717) is 5.92 Å². The van der Waals surface area contributed by atoms with Crippen LogP contribution >= 0.6 is 0 Å². The first-order valence-electron chi connectivity index (χ1n) is 5.09. The lowest BCUT2D eigenvalue weighted by Crippen LogP contribution is -1.93. The molecule has 0 saturated carbocycles. The Kier molecular flexibility index (Phi) is 2.49. The van der Waals surface area contributed by atoms with Gasteiger partial charge in [0, 0.05) is 11.6 Å². The van der Waals surface area contributed by atoms with Gasteiger partial charge in [-0.2, -0.15) is 0 Å². The Bertz CT molecular complexity index is 432. The number of pyridine rings is 1. The van der Waals surface area contributed by atoms with Crippen LogP contribution in [0.1, 0.15) is 19.4 Å². The lowest BCUT2D eigenvalue weighted by Gasteiger charge is -2.05. The van der Waals surface area contributed by atoms with Crippen LogP contribution in [0, 0.1) is 5.92 Å². The van der Waals surface area contributed by atoms with E-state index in [-0.39, 0.29) is 0 Å². The van der Waals surface area contributed by atoms with Gasteiger partial charge >= 0.3 is 0 Å². The molecular formula is C13H15N. The fourth-order valence-corrected chi connectivity index (χ4v) is 1.72. The molecule has 0 aliphatic rings. The first-order valence-corrected chi connectivity index (χ1v) is 5.09. The average Bonchev–Trinajstić information content (AvgIpc) is 2.17. The van der Waals surface area contributed by atoms with E-state index in [1.165, 1.54) is 10.9 Å². The Morgan fingerprint density at radius 2 is 2.07 bits per heavy atom. The van der Waals surface area contributed by atoms with E-state index in [2.05, 4.69) is 43.1 Å². The van der Waals surface area contributed by atoms with Gasteiger partial charge in [-0.1, -0.05) is 26.0 Å². The number of rotatable bonds is 2. The van der Waals surface area contributed by atoms with Crippen molar-refractivity contribution < 1.29 is 0 Å². The maximum atomic E-state index is 4.30. The van der Waals surface area contributed by atoms with Crippen molar-refractivity contribution in [1.29, 1.82) is 0 Å². The van der Waals surface area contributed by atoms with Gasteiger partial charge in [-0.15, -0.1) is 0 Å². The van der Waals surface area contributed by atoms with Gasteiger partial charge in [-0.05, 0) is 36.1 Å². The maximum absolute atomic E-state index is 4.30. The van der Waals surface area contributed by atoms with Crippen LogP contribution in [0.25, 0.3) is 10.9 Å². The fourth-order valence-electron chi connectivity index (χ4n) is 1.72. The molecule has 0 atom stereocenters. The molecule has 0 spiro atoms. The SMILES string of the molecule is CC(C)Cc1ccc2ncccc2c1. The molecule has 2 rings (SSSR count). The Hall–Kier alpha value is -1.37. The fraction of sp³-hybridized carbons (Fsp3) is 0.308. The minimum absolute atomic E-state index is 0.712. The smallest absolute Gasteiger partial charge is 0.0702 e. The molecule has 1 heterocycles. The van der Waals surface area contributed by atoms with E-state index in [1.54, 1.807) is 0 Å². The zero-order chi connectivity index (χ0) is 9.97. The number of benzene rings is 1. The van der Waals surface area contributed by atoms with Crippen LogP contribution in [0.2, 0.25) is 0 Å². The van der Waals surface area contributed by atoms with Crippen molar-refractivity contribution in [3.05, 3.63) is 42.1 Å². The van der Waals surface area contributed by atoms with E-state index in [1.807, 2.05) is 12.3 Å². The summed E-state index contributed by atoms with van der Waals surface area (Å²) in [5.74, 6) is 0.712. The van der Waals surface area contributed by atoms with Crippen molar-refractivity contribution in [2.75, 3.05) is 0 Å². The number of nitrogens with zero attached hydrogens (tertiary/aromatic N) is 1. The average molecular weight is 185 g/mol. The van der Waals surface area contributed by atoms with E-state index < -0.39 is 0 Å². The van der Waals surface area contributed by atoms with Gasteiger partial charge in [0.15, 0.2) is 0 Å². The van der Waals surface area contributed by atoms with Crippen molar-refractivity contribution in [3.8, 4) is 0 Å². The number of hydrogen-bond donors (Lipinski definition) is 0. The highest BCUT2D eigenvalue weighted by Crippen LogP contribution is 2.15. The molecular weight excluding hydrogens is 170 g/mol. The summed E-state index contributed by atoms with van der Waals surface area (Å²) in [7, 11) is 0. The molecule has 14 heavy (non-hydrogen) atoms. The van der Waals surface area contributed by atoms with Crippen LogP contribution in [-0.2, 0) is 6.42 Å². The molecule has 0 unspecified atom stereocenters. The van der Waals surface area contributed by atoms with Gasteiger partial charge in [0.05, 0.1) is 5.52 Å². The molecule has 0 saturated heterocycles. The Morgan fingerprint density at radius 3 is 2.86 bits per heavy atom. The molecule has 0 bridgehead atoms. The zero-order valence-corrected chi connectivity index (χ0v) is 8.70. The van der Waals surface area contributed by atoms with Gasteiger partial charge in [0.1, 0.15) is 0 Å². The predicted molar refractivity (Wildman–Crippen MR) is 60.3 cm³/mol. The lowest BCUT2D eigenvalue weighted by atomic mass is 10.0. The highest BCUT2D eigenvalue weighted by molar-refractivity contribution is 5.78. The topological polar surface area (TPSA) is 12.9 Å². The Morgan fingerprint density at radius 1 is 1.21 bits per heavy atom. The largest absolute Gasteiger partial charge is 0.256 e. The molecule has 1 aromatic heterocycles. The zero-order valence-electron chi connectivity index (χ0n) is 8.70. The van der Waals surface area contributed by atoms with E-state index in [4.69, 9.17) is 0 Å². The van der Waals surface area contributed by atoms with Crippen LogP contribution in [0.5, 0.6) is 0 Å². The third-order valence-electron chi connectivity index (χ3n) is 2.31. The first-order chi connectivity index (χ1) is 6.75. The first kappa shape index (κ1) is 9.20. The molecule has 72 valence electrons. The van der Waals surface area contributed by atoms with Crippen molar-refractivity contribution in [2.24, 2.45) is 5.92 Å². The number of hydrogen-bond acceptors (Lipinski definition) is 1. The van der Waals surface area contributed by atoms with Crippen LogP contribution in [-0.4, -0.2) is 4.98 Å². The summed E-state index contributed by atoms with van der Waals surface area (Å²) < 4.78 is 0. The Balaban J connectivity index is 2.41. The summed E-state index contributed by atoms with van der Waals surface area (Å²) in [6.45, 7) is 4.49. The van der Waals surface area contributed by atoms with Gasteiger partial charge < -0.3 is 0 Å². The number of aromatic nitrogens is 1. The molecule has 0 aliphatic carbocycles. The molecule has 0 N–H and O–H groups in total. The summed E-state index contributed by atoms with van der Waals surface area (Å²) in [5.41, 5.74) is 2.49. The Labute approximate surface area is 84.8 Å². The van der Waals surface area contributed by atoms with Crippen molar-refractivity contribution in [1.82, 2.24) is 4.98 Å². The van der Waals surface area contributed by atoms with Crippen LogP contribution in [0.15, 0.2) is 36.5 Å². The lowest BCUT2D eigenvalue weighted by molar-refractivity contribution is 0.648. The van der Waals surface area contributed by atoms with Gasteiger partial charge in [0.25, 0.3) is 0 Å². The predicted octanol–water partition coefficient (Wildman–Crippen LogP) is 3.43. The second-order valence-electron chi connectivity index (χ2n) is 4.13. The molecule has 0 amide bonds. The van der Waals surface area contributed by atoms with Crippen molar-refractivity contribution in [3.63, 3.8) is 0 Å². The van der Waals surface area contributed by atoms with Crippen molar-refractivity contribution in [2.45, 2.75) is 20.3 Å². The molecule has 1 heteroatoms. The van der Waals surface area contributed by atoms with E-state index in [9.17, 15) is 0 Å². The molecule has 2 aromatic rings. The highest BCUT2D eigenvalue weighted by atomic mass is 14.6. The number of fused-ring (bicyclic) bond motifs is 1. The molecule has 0 radical (unpaired) electrons. The van der Waals surface area contributed by atoms with Gasteiger partial charge in [-0.3, -0.25) is 4.98 Å².